The van der Waals surface area contributed by atoms with Crippen LogP contribution in [-0.4, -0.2) is 20.8 Å². The normalized spacial score (nSPS) is 19.7. The van der Waals surface area contributed by atoms with Crippen LogP contribution >= 0.6 is 23.8 Å². The maximum Gasteiger partial charge on any atom is 0.174 e. The van der Waals surface area contributed by atoms with Gasteiger partial charge < -0.3 is 19.5 Å². The van der Waals surface area contributed by atoms with Crippen LogP contribution in [0.3, 0.4) is 0 Å². The standard InChI is InChI=1S/C31H31ClN4OS/c1-20-18-27(21(2)35(20)24-9-7-8-22(32)19-24)30-29(28-12-5-6-17-33-28)34-31(38)36(30)23-13-15-26(16-14-23)37-25-10-3-4-11-25/h5-9,12-19,25,29-30H,3-4,10-11H2,1-2H3,(H,34,38)/t29-,30-/m1/s1. The van der Waals surface area contributed by atoms with Crippen LogP contribution < -0.4 is 15.0 Å². The summed E-state index contributed by atoms with van der Waals surface area (Å²) in [6.07, 6.45) is 6.94. The summed E-state index contributed by atoms with van der Waals surface area (Å²) < 4.78 is 8.49. The number of benzene rings is 2. The first kappa shape index (κ1) is 25.0. The number of aryl methyl sites for hydroxylation is 1. The van der Waals surface area contributed by atoms with Crippen molar-refractivity contribution in [3.63, 3.8) is 0 Å². The Morgan fingerprint density at radius 2 is 1.74 bits per heavy atom. The van der Waals surface area contributed by atoms with Gasteiger partial charge in [-0.2, -0.15) is 0 Å². The lowest BCUT2D eigenvalue weighted by atomic mass is 9.96. The SMILES string of the molecule is Cc1cc([C@@H]2[C@@H](c3ccccn3)NC(=S)N2c2ccc(OC3CCCC3)cc2)c(C)n1-c1cccc(Cl)c1. The highest BCUT2D eigenvalue weighted by Crippen LogP contribution is 2.44. The Morgan fingerprint density at radius 3 is 2.45 bits per heavy atom. The summed E-state index contributed by atoms with van der Waals surface area (Å²) in [5.41, 5.74) is 6.50. The molecule has 2 aromatic heterocycles. The molecule has 0 unspecified atom stereocenters. The highest BCUT2D eigenvalue weighted by atomic mass is 35.5. The van der Waals surface area contributed by atoms with Crippen molar-refractivity contribution in [1.82, 2.24) is 14.9 Å². The van der Waals surface area contributed by atoms with Crippen LogP contribution in [0.2, 0.25) is 5.02 Å². The third-order valence-corrected chi connectivity index (χ3v) is 8.22. The molecule has 1 aliphatic heterocycles. The maximum absolute atomic E-state index is 6.36. The number of rotatable bonds is 6. The van der Waals surface area contributed by atoms with Gasteiger partial charge in [-0.3, -0.25) is 4.98 Å². The predicted molar refractivity (Wildman–Crippen MR) is 158 cm³/mol. The molecule has 0 bridgehead atoms. The van der Waals surface area contributed by atoms with E-state index in [1.165, 1.54) is 18.4 Å². The summed E-state index contributed by atoms with van der Waals surface area (Å²) in [5, 5.41) is 4.98. The zero-order chi connectivity index (χ0) is 26.2. The van der Waals surface area contributed by atoms with E-state index in [0.29, 0.717) is 16.2 Å². The van der Waals surface area contributed by atoms with E-state index < -0.39 is 0 Å². The summed E-state index contributed by atoms with van der Waals surface area (Å²) in [4.78, 5) is 6.93. The fourth-order valence-electron chi connectivity index (χ4n) is 5.93. The van der Waals surface area contributed by atoms with E-state index >= 15 is 0 Å². The Kier molecular flexibility index (Phi) is 6.85. The molecular formula is C31H31ClN4OS. The molecule has 4 aromatic rings. The molecule has 0 radical (unpaired) electrons. The molecule has 1 saturated carbocycles. The lowest BCUT2D eigenvalue weighted by Crippen LogP contribution is -2.29. The van der Waals surface area contributed by atoms with Crippen molar-refractivity contribution in [3.05, 3.63) is 107 Å². The third kappa shape index (κ3) is 4.67. The second kappa shape index (κ2) is 10.4. The van der Waals surface area contributed by atoms with Gasteiger partial charge in [-0.25, -0.2) is 0 Å². The van der Waals surface area contributed by atoms with Crippen molar-refractivity contribution in [2.45, 2.75) is 57.7 Å². The fraction of sp³-hybridized carbons (Fsp3) is 0.290. The highest BCUT2D eigenvalue weighted by molar-refractivity contribution is 7.80. The van der Waals surface area contributed by atoms with E-state index in [1.54, 1.807) is 0 Å². The first-order valence-corrected chi connectivity index (χ1v) is 14.0. The van der Waals surface area contributed by atoms with Gasteiger partial charge in [0.15, 0.2) is 5.11 Å². The van der Waals surface area contributed by atoms with E-state index in [2.05, 4.69) is 71.1 Å². The van der Waals surface area contributed by atoms with Crippen LogP contribution in [0.4, 0.5) is 5.69 Å². The molecule has 38 heavy (non-hydrogen) atoms. The predicted octanol–water partition coefficient (Wildman–Crippen LogP) is 7.64. The summed E-state index contributed by atoms with van der Waals surface area (Å²) in [7, 11) is 0. The molecule has 6 rings (SSSR count). The fourth-order valence-corrected chi connectivity index (χ4v) is 6.46. The van der Waals surface area contributed by atoms with E-state index in [-0.39, 0.29) is 12.1 Å². The molecule has 2 aliphatic rings. The highest BCUT2D eigenvalue weighted by Gasteiger charge is 2.42. The van der Waals surface area contributed by atoms with Crippen LogP contribution in [0.1, 0.15) is 60.4 Å². The Hall–Kier alpha value is -3.35. The average molecular weight is 543 g/mol. The molecule has 1 N–H and O–H groups in total. The number of pyridine rings is 1. The number of hydrogen-bond donors (Lipinski definition) is 1. The first-order valence-electron chi connectivity index (χ1n) is 13.2. The zero-order valence-corrected chi connectivity index (χ0v) is 23.2. The number of hydrogen-bond acceptors (Lipinski definition) is 3. The molecule has 7 heteroatoms. The molecular weight excluding hydrogens is 512 g/mol. The Balaban J connectivity index is 1.41. The lowest BCUT2D eigenvalue weighted by Gasteiger charge is -2.28. The molecule has 1 aliphatic carbocycles. The number of aromatic nitrogens is 2. The van der Waals surface area contributed by atoms with Gasteiger partial charge in [0.05, 0.1) is 23.9 Å². The van der Waals surface area contributed by atoms with Gasteiger partial charge >= 0.3 is 0 Å². The Labute approximate surface area is 234 Å². The summed E-state index contributed by atoms with van der Waals surface area (Å²) in [6.45, 7) is 4.30. The Morgan fingerprint density at radius 1 is 0.947 bits per heavy atom. The topological polar surface area (TPSA) is 42.3 Å². The van der Waals surface area contributed by atoms with E-state index in [1.807, 2.05) is 36.5 Å². The van der Waals surface area contributed by atoms with E-state index in [0.717, 1.165) is 47.0 Å². The van der Waals surface area contributed by atoms with Crippen LogP contribution in [0.15, 0.2) is 79.0 Å². The smallest absolute Gasteiger partial charge is 0.174 e. The molecule has 2 atom stereocenters. The van der Waals surface area contributed by atoms with Gasteiger partial charge in [-0.1, -0.05) is 23.7 Å². The van der Waals surface area contributed by atoms with Gasteiger partial charge in [0.2, 0.25) is 0 Å². The van der Waals surface area contributed by atoms with Gasteiger partial charge in [-0.05, 0) is 118 Å². The summed E-state index contributed by atoms with van der Waals surface area (Å²) in [5.74, 6) is 0.913. The van der Waals surface area contributed by atoms with Crippen LogP contribution in [0, 0.1) is 13.8 Å². The number of halogens is 1. The number of ether oxygens (including phenoxy) is 1. The second-order valence-corrected chi connectivity index (χ2v) is 11.0. The van der Waals surface area contributed by atoms with Gasteiger partial charge in [0, 0.05) is 34.0 Å². The van der Waals surface area contributed by atoms with Crippen molar-refractivity contribution in [2.75, 3.05) is 4.90 Å². The largest absolute Gasteiger partial charge is 0.490 e. The molecule has 3 heterocycles. The molecule has 2 aromatic carbocycles. The van der Waals surface area contributed by atoms with E-state index in [9.17, 15) is 0 Å². The molecule has 0 amide bonds. The van der Waals surface area contributed by atoms with Gasteiger partial charge in [-0.15, -0.1) is 0 Å². The monoisotopic (exact) mass is 542 g/mol. The molecule has 2 fully saturated rings. The van der Waals surface area contributed by atoms with Crippen molar-refractivity contribution in [3.8, 4) is 11.4 Å². The van der Waals surface area contributed by atoms with Gasteiger partial charge in [0.25, 0.3) is 0 Å². The number of anilines is 1. The minimum absolute atomic E-state index is 0.0851. The van der Waals surface area contributed by atoms with Crippen LogP contribution in [0.5, 0.6) is 5.75 Å². The summed E-state index contributed by atoms with van der Waals surface area (Å²) in [6, 6.07) is 24.4. The zero-order valence-electron chi connectivity index (χ0n) is 21.6. The number of thiocarbonyl (C=S) groups is 1. The molecule has 194 valence electrons. The first-order chi connectivity index (χ1) is 18.5. The van der Waals surface area contributed by atoms with Crippen molar-refractivity contribution in [2.24, 2.45) is 0 Å². The van der Waals surface area contributed by atoms with Gasteiger partial charge in [0.1, 0.15) is 5.75 Å². The third-order valence-electron chi connectivity index (χ3n) is 7.67. The Bertz CT molecular complexity index is 1450. The van der Waals surface area contributed by atoms with Crippen molar-refractivity contribution >= 4 is 34.6 Å². The second-order valence-electron chi connectivity index (χ2n) is 10.2. The number of nitrogens with one attached hydrogen (secondary N) is 1. The number of nitrogens with zero attached hydrogens (tertiary/aromatic N) is 3. The molecule has 1 saturated heterocycles. The van der Waals surface area contributed by atoms with Crippen LogP contribution in [0.25, 0.3) is 5.69 Å². The van der Waals surface area contributed by atoms with Crippen LogP contribution in [-0.2, 0) is 0 Å². The quantitative estimate of drug-likeness (QED) is 0.253. The minimum Gasteiger partial charge on any atom is -0.490 e. The molecule has 5 nitrogen and oxygen atoms in total. The van der Waals surface area contributed by atoms with E-state index in [4.69, 9.17) is 33.5 Å². The summed E-state index contributed by atoms with van der Waals surface area (Å²) >= 11 is 12.3. The van der Waals surface area contributed by atoms with Crippen molar-refractivity contribution < 1.29 is 4.74 Å². The lowest BCUT2D eigenvalue weighted by molar-refractivity contribution is 0.210. The maximum atomic E-state index is 6.36. The average Bonchev–Trinajstić information content (AvgIpc) is 3.63. The van der Waals surface area contributed by atoms with Crippen molar-refractivity contribution in [1.29, 1.82) is 0 Å². The molecule has 0 spiro atoms. The minimum atomic E-state index is -0.105.